The molecule has 20 heavy (non-hydrogen) atoms. The van der Waals surface area contributed by atoms with Gasteiger partial charge in [0, 0.05) is 5.38 Å². The van der Waals surface area contributed by atoms with Crippen LogP contribution in [-0.4, -0.2) is 15.0 Å². The van der Waals surface area contributed by atoms with E-state index in [9.17, 15) is 13.2 Å². The van der Waals surface area contributed by atoms with Crippen molar-refractivity contribution >= 4 is 28.9 Å². The SMILES string of the molecule is CC[C@@H](Nc1ncc(Cl)cn1)c1nc(C(F)(F)F)cs1. The molecule has 0 spiro atoms. The van der Waals surface area contributed by atoms with E-state index in [-0.39, 0.29) is 6.04 Å². The molecule has 0 aromatic carbocycles. The quantitative estimate of drug-likeness (QED) is 0.918. The van der Waals surface area contributed by atoms with E-state index in [0.717, 1.165) is 16.7 Å². The van der Waals surface area contributed by atoms with E-state index in [1.807, 2.05) is 6.92 Å². The van der Waals surface area contributed by atoms with E-state index < -0.39 is 11.9 Å². The van der Waals surface area contributed by atoms with Gasteiger partial charge in [-0.3, -0.25) is 0 Å². The van der Waals surface area contributed by atoms with Crippen molar-refractivity contribution in [2.75, 3.05) is 5.32 Å². The van der Waals surface area contributed by atoms with Crippen molar-refractivity contribution in [3.8, 4) is 0 Å². The van der Waals surface area contributed by atoms with Crippen LogP contribution < -0.4 is 5.32 Å². The lowest BCUT2D eigenvalue weighted by atomic mass is 10.2. The van der Waals surface area contributed by atoms with Crippen LogP contribution in [0, 0.1) is 0 Å². The number of anilines is 1. The summed E-state index contributed by atoms with van der Waals surface area (Å²) in [4.78, 5) is 11.5. The average molecular weight is 323 g/mol. The zero-order valence-corrected chi connectivity index (χ0v) is 11.9. The fourth-order valence-electron chi connectivity index (χ4n) is 1.46. The molecule has 9 heteroatoms. The zero-order valence-electron chi connectivity index (χ0n) is 10.3. The molecule has 4 nitrogen and oxygen atoms in total. The molecule has 0 aliphatic rings. The molecule has 1 N–H and O–H groups in total. The van der Waals surface area contributed by atoms with Crippen LogP contribution >= 0.6 is 22.9 Å². The van der Waals surface area contributed by atoms with E-state index in [2.05, 4.69) is 20.3 Å². The molecular formula is C11H10ClF3N4S. The van der Waals surface area contributed by atoms with Gasteiger partial charge in [0.2, 0.25) is 5.95 Å². The first kappa shape index (κ1) is 15.0. The van der Waals surface area contributed by atoms with Gasteiger partial charge in [0.1, 0.15) is 5.01 Å². The van der Waals surface area contributed by atoms with Crippen LogP contribution in [0.4, 0.5) is 19.1 Å². The Bertz CT molecular complexity index is 570. The van der Waals surface area contributed by atoms with Gasteiger partial charge in [-0.05, 0) is 6.42 Å². The molecule has 0 saturated carbocycles. The molecule has 0 unspecified atom stereocenters. The molecule has 0 bridgehead atoms. The van der Waals surface area contributed by atoms with Crippen molar-refractivity contribution in [1.82, 2.24) is 15.0 Å². The highest BCUT2D eigenvalue weighted by Crippen LogP contribution is 2.33. The summed E-state index contributed by atoms with van der Waals surface area (Å²) in [6, 6.07) is -0.378. The molecule has 0 amide bonds. The molecule has 108 valence electrons. The van der Waals surface area contributed by atoms with E-state index in [4.69, 9.17) is 11.6 Å². The zero-order chi connectivity index (χ0) is 14.8. The Balaban J connectivity index is 2.16. The number of hydrogen-bond acceptors (Lipinski definition) is 5. The van der Waals surface area contributed by atoms with Crippen LogP contribution in [0.1, 0.15) is 30.1 Å². The maximum absolute atomic E-state index is 12.5. The minimum Gasteiger partial charge on any atom is -0.345 e. The second kappa shape index (κ2) is 5.92. The number of halogens is 4. The van der Waals surface area contributed by atoms with Crippen LogP contribution in [-0.2, 0) is 6.18 Å². The van der Waals surface area contributed by atoms with Crippen LogP contribution in [0.25, 0.3) is 0 Å². The van der Waals surface area contributed by atoms with Crippen molar-refractivity contribution in [3.05, 3.63) is 33.5 Å². The smallest absolute Gasteiger partial charge is 0.345 e. The summed E-state index contributed by atoms with van der Waals surface area (Å²) in [6.45, 7) is 1.84. The van der Waals surface area contributed by atoms with Gasteiger partial charge >= 0.3 is 6.18 Å². The van der Waals surface area contributed by atoms with E-state index in [1.54, 1.807) is 0 Å². The van der Waals surface area contributed by atoms with Crippen LogP contribution in [0.5, 0.6) is 0 Å². The van der Waals surface area contributed by atoms with Gasteiger partial charge in [-0.25, -0.2) is 15.0 Å². The number of nitrogens with zero attached hydrogens (tertiary/aromatic N) is 3. The van der Waals surface area contributed by atoms with Crippen molar-refractivity contribution in [3.63, 3.8) is 0 Å². The lowest BCUT2D eigenvalue weighted by Gasteiger charge is -2.14. The Morgan fingerprint density at radius 3 is 2.50 bits per heavy atom. The molecule has 0 fully saturated rings. The number of nitrogens with one attached hydrogen (secondary N) is 1. The monoisotopic (exact) mass is 322 g/mol. The van der Waals surface area contributed by atoms with Gasteiger partial charge in [0.15, 0.2) is 5.69 Å². The fourth-order valence-corrected chi connectivity index (χ4v) is 2.52. The maximum Gasteiger partial charge on any atom is 0.434 e. The molecule has 0 radical (unpaired) electrons. The highest BCUT2D eigenvalue weighted by atomic mass is 35.5. The Morgan fingerprint density at radius 2 is 2.00 bits per heavy atom. The van der Waals surface area contributed by atoms with Crippen LogP contribution in [0.15, 0.2) is 17.8 Å². The highest BCUT2D eigenvalue weighted by Gasteiger charge is 2.34. The number of thiazole rings is 1. The average Bonchev–Trinajstić information content (AvgIpc) is 2.87. The summed E-state index contributed by atoms with van der Waals surface area (Å²) in [5, 5.41) is 4.67. The Morgan fingerprint density at radius 1 is 1.35 bits per heavy atom. The first-order chi connectivity index (χ1) is 9.40. The Labute approximate surface area is 122 Å². The topological polar surface area (TPSA) is 50.7 Å². The van der Waals surface area contributed by atoms with Crippen molar-refractivity contribution in [2.24, 2.45) is 0 Å². The second-order valence-corrected chi connectivity index (χ2v) is 5.22. The summed E-state index contributed by atoms with van der Waals surface area (Å²) in [6.07, 6.45) is -1.06. The summed E-state index contributed by atoms with van der Waals surface area (Å²) in [5.74, 6) is 0.296. The number of alkyl halides is 3. The largest absolute Gasteiger partial charge is 0.434 e. The summed E-state index contributed by atoms with van der Waals surface area (Å²) in [5.41, 5.74) is -0.880. The van der Waals surface area contributed by atoms with Gasteiger partial charge in [-0.2, -0.15) is 13.2 Å². The minimum atomic E-state index is -4.43. The predicted octanol–water partition coefficient (Wildman–Crippen LogP) is 4.17. The molecule has 1 atom stereocenters. The van der Waals surface area contributed by atoms with Gasteiger partial charge in [0.05, 0.1) is 23.5 Å². The molecule has 2 rings (SSSR count). The van der Waals surface area contributed by atoms with Crippen LogP contribution in [0.2, 0.25) is 5.02 Å². The van der Waals surface area contributed by atoms with Gasteiger partial charge in [0.25, 0.3) is 0 Å². The van der Waals surface area contributed by atoms with Gasteiger partial charge < -0.3 is 5.32 Å². The van der Waals surface area contributed by atoms with Crippen molar-refractivity contribution < 1.29 is 13.2 Å². The third-order valence-corrected chi connectivity index (χ3v) is 3.60. The second-order valence-electron chi connectivity index (χ2n) is 3.90. The number of rotatable bonds is 4. The molecular weight excluding hydrogens is 313 g/mol. The summed E-state index contributed by atoms with van der Waals surface area (Å²) >= 11 is 6.62. The standard InChI is InChI=1S/C11H10ClF3N4S/c1-2-7(18-10-16-3-6(12)4-17-10)9-19-8(5-20-9)11(13,14)15/h3-5,7H,2H2,1H3,(H,16,17,18)/t7-/m1/s1. The van der Waals surface area contributed by atoms with E-state index >= 15 is 0 Å². The van der Waals surface area contributed by atoms with Gasteiger partial charge in [-0.15, -0.1) is 11.3 Å². The van der Waals surface area contributed by atoms with E-state index in [0.29, 0.717) is 22.4 Å². The third kappa shape index (κ3) is 3.57. The van der Waals surface area contributed by atoms with Gasteiger partial charge in [-0.1, -0.05) is 18.5 Å². The normalized spacial score (nSPS) is 13.2. The Hall–Kier alpha value is -1.41. The molecule has 2 aromatic heterocycles. The summed E-state index contributed by atoms with van der Waals surface area (Å²) in [7, 11) is 0. The lowest BCUT2D eigenvalue weighted by Crippen LogP contribution is -2.13. The molecule has 0 saturated heterocycles. The third-order valence-electron chi connectivity index (χ3n) is 2.44. The summed E-state index contributed by atoms with van der Waals surface area (Å²) < 4.78 is 37.6. The maximum atomic E-state index is 12.5. The lowest BCUT2D eigenvalue weighted by molar-refractivity contribution is -0.140. The predicted molar refractivity (Wildman–Crippen MR) is 70.8 cm³/mol. The van der Waals surface area contributed by atoms with Crippen LogP contribution in [0.3, 0.4) is 0 Å². The van der Waals surface area contributed by atoms with Crippen molar-refractivity contribution in [1.29, 1.82) is 0 Å². The van der Waals surface area contributed by atoms with E-state index in [1.165, 1.54) is 12.4 Å². The molecule has 0 aliphatic carbocycles. The molecule has 2 aromatic rings. The van der Waals surface area contributed by atoms with Crippen molar-refractivity contribution in [2.45, 2.75) is 25.6 Å². The Kier molecular flexibility index (Phi) is 4.44. The highest BCUT2D eigenvalue weighted by molar-refractivity contribution is 7.09. The number of hydrogen-bond donors (Lipinski definition) is 1. The minimum absolute atomic E-state index is 0.296. The first-order valence-electron chi connectivity index (χ1n) is 5.67. The first-order valence-corrected chi connectivity index (χ1v) is 6.92. The molecule has 0 aliphatic heterocycles. The number of aromatic nitrogens is 3. The molecule has 2 heterocycles. The fraction of sp³-hybridized carbons (Fsp3) is 0.364.